The van der Waals surface area contributed by atoms with Gasteiger partial charge < -0.3 is 15.2 Å². The van der Waals surface area contributed by atoms with E-state index in [0.717, 1.165) is 39.0 Å². The smallest absolute Gasteiger partial charge is 0.198 e. The molecule has 0 amide bonds. The molecule has 170 valence electrons. The minimum absolute atomic E-state index is 0.667. The van der Waals surface area contributed by atoms with Crippen LogP contribution in [-0.2, 0) is 17.9 Å². The fourth-order valence-corrected chi connectivity index (χ4v) is 5.22. The van der Waals surface area contributed by atoms with E-state index in [2.05, 4.69) is 83.2 Å². The zero-order valence-corrected chi connectivity index (χ0v) is 20.0. The first-order valence-corrected chi connectivity index (χ1v) is 12.3. The van der Waals surface area contributed by atoms with Crippen molar-refractivity contribution < 1.29 is 4.55 Å². The molecule has 0 saturated heterocycles. The van der Waals surface area contributed by atoms with Gasteiger partial charge in [0.15, 0.2) is 4.90 Å². The van der Waals surface area contributed by atoms with E-state index in [1.807, 2.05) is 35.4 Å². The second-order valence-electron chi connectivity index (χ2n) is 8.20. The lowest BCUT2D eigenvalue weighted by Gasteiger charge is -2.14. The van der Waals surface area contributed by atoms with Crippen molar-refractivity contribution in [2.75, 3.05) is 12.4 Å². The van der Waals surface area contributed by atoms with Gasteiger partial charge in [0, 0.05) is 29.5 Å². The molecule has 2 heterocycles. The molecule has 0 bridgehead atoms. The van der Waals surface area contributed by atoms with E-state index in [4.69, 9.17) is 0 Å². The summed E-state index contributed by atoms with van der Waals surface area (Å²) in [7, 11) is 1.92. The molecule has 0 aliphatic rings. The van der Waals surface area contributed by atoms with E-state index in [1.165, 1.54) is 5.56 Å². The zero-order chi connectivity index (χ0) is 23.5. The minimum atomic E-state index is -1.39. The molecular weight excluding hydrogens is 440 g/mol. The summed E-state index contributed by atoms with van der Waals surface area (Å²) in [6, 6.07) is 26.7. The lowest BCUT2D eigenvalue weighted by molar-refractivity contribution is 0.587. The molecule has 0 saturated carbocycles. The summed E-state index contributed by atoms with van der Waals surface area (Å²) in [5.41, 5.74) is 7.50. The number of rotatable bonds is 7. The van der Waals surface area contributed by atoms with Gasteiger partial charge in [-0.15, -0.1) is 0 Å². The van der Waals surface area contributed by atoms with Crippen LogP contribution in [-0.4, -0.2) is 20.6 Å². The Labute approximate surface area is 202 Å². The average Bonchev–Trinajstić information content (AvgIpc) is 3.24. The largest absolute Gasteiger partial charge is 0.587 e. The molecule has 0 aliphatic heterocycles. The molecule has 0 radical (unpaired) electrons. The van der Waals surface area contributed by atoms with Crippen LogP contribution in [0.1, 0.15) is 11.1 Å². The van der Waals surface area contributed by atoms with Crippen LogP contribution in [0.25, 0.3) is 22.0 Å². The number of nitrogens with zero attached hydrogens (tertiary/aromatic N) is 2. The van der Waals surface area contributed by atoms with Crippen molar-refractivity contribution >= 4 is 33.6 Å². The van der Waals surface area contributed by atoms with Gasteiger partial charge in [0.2, 0.25) is 0 Å². The summed E-state index contributed by atoms with van der Waals surface area (Å²) in [6.07, 6.45) is 5.31. The molecule has 2 N–H and O–H groups in total. The minimum Gasteiger partial charge on any atom is -0.587 e. The molecule has 0 aliphatic carbocycles. The SMILES string of the molecule is CNCc1cn([S+]([O-])c2cccnc2)c2cc(Nc3cc(-c4ccccc4)ccc3C)ccc12. The summed E-state index contributed by atoms with van der Waals surface area (Å²) in [5, 5.41) is 7.87. The fraction of sp³-hybridized carbons (Fsp3) is 0.107. The van der Waals surface area contributed by atoms with Crippen LogP contribution in [0.4, 0.5) is 11.4 Å². The molecule has 1 atom stereocenters. The Kier molecular flexibility index (Phi) is 6.36. The van der Waals surface area contributed by atoms with Crippen LogP contribution in [0.15, 0.2) is 102 Å². The average molecular weight is 467 g/mol. The number of pyridine rings is 1. The molecule has 0 fully saturated rings. The quantitative estimate of drug-likeness (QED) is 0.287. The van der Waals surface area contributed by atoms with Crippen molar-refractivity contribution in [2.24, 2.45) is 0 Å². The van der Waals surface area contributed by atoms with E-state index in [-0.39, 0.29) is 0 Å². The van der Waals surface area contributed by atoms with Crippen LogP contribution < -0.4 is 10.6 Å². The number of aryl methyl sites for hydroxylation is 1. The molecular formula is C28H26N4OS. The molecule has 5 nitrogen and oxygen atoms in total. The van der Waals surface area contributed by atoms with E-state index >= 15 is 0 Å². The third-order valence-corrected chi connectivity index (χ3v) is 7.16. The predicted octanol–water partition coefficient (Wildman–Crippen LogP) is 6.05. The van der Waals surface area contributed by atoms with Crippen molar-refractivity contribution in [2.45, 2.75) is 18.4 Å². The van der Waals surface area contributed by atoms with Crippen LogP contribution in [0.2, 0.25) is 0 Å². The maximum absolute atomic E-state index is 13.4. The molecule has 1 unspecified atom stereocenters. The monoisotopic (exact) mass is 466 g/mol. The number of nitrogens with one attached hydrogen (secondary N) is 2. The first-order valence-electron chi connectivity index (χ1n) is 11.2. The Bertz CT molecular complexity index is 1420. The third kappa shape index (κ3) is 4.43. The standard InChI is InChI=1S/C28H26N4OS/c1-20-10-11-22(21-7-4-3-5-8-21)15-27(20)31-24-12-13-26-23(17-29-2)19-32(28(26)16-24)34(33)25-9-6-14-30-18-25/h3-16,18-19,29,31H,17H2,1-2H3. The first-order chi connectivity index (χ1) is 16.6. The highest BCUT2D eigenvalue weighted by Gasteiger charge is 2.20. The number of anilines is 2. The van der Waals surface area contributed by atoms with Gasteiger partial charge in [-0.3, -0.25) is 4.98 Å². The van der Waals surface area contributed by atoms with Gasteiger partial charge in [-0.25, -0.2) is 0 Å². The predicted molar refractivity (Wildman–Crippen MR) is 141 cm³/mol. The van der Waals surface area contributed by atoms with Crippen molar-refractivity contribution in [3.05, 3.63) is 109 Å². The number of hydrogen-bond acceptors (Lipinski definition) is 4. The highest BCUT2D eigenvalue weighted by Crippen LogP contribution is 2.32. The maximum atomic E-state index is 13.4. The van der Waals surface area contributed by atoms with Gasteiger partial charge >= 0.3 is 0 Å². The summed E-state index contributed by atoms with van der Waals surface area (Å²) in [5.74, 6) is 0. The Morgan fingerprint density at radius 3 is 2.56 bits per heavy atom. The van der Waals surface area contributed by atoms with Gasteiger partial charge in [-0.1, -0.05) is 48.5 Å². The van der Waals surface area contributed by atoms with E-state index in [0.29, 0.717) is 11.4 Å². The van der Waals surface area contributed by atoms with Crippen LogP contribution >= 0.6 is 0 Å². The molecule has 5 aromatic rings. The van der Waals surface area contributed by atoms with Crippen molar-refractivity contribution in [3.8, 4) is 11.1 Å². The topological polar surface area (TPSA) is 64.9 Å². The van der Waals surface area contributed by atoms with Gasteiger partial charge in [-0.2, -0.15) is 3.97 Å². The second-order valence-corrected chi connectivity index (χ2v) is 9.56. The van der Waals surface area contributed by atoms with Gasteiger partial charge in [-0.05, 0) is 66.6 Å². The van der Waals surface area contributed by atoms with Crippen LogP contribution in [0.5, 0.6) is 0 Å². The summed E-state index contributed by atoms with van der Waals surface area (Å²) in [4.78, 5) is 4.81. The zero-order valence-electron chi connectivity index (χ0n) is 19.2. The Morgan fingerprint density at radius 2 is 1.79 bits per heavy atom. The van der Waals surface area contributed by atoms with Crippen molar-refractivity contribution in [1.29, 1.82) is 0 Å². The third-order valence-electron chi connectivity index (χ3n) is 5.86. The van der Waals surface area contributed by atoms with Crippen LogP contribution in [0, 0.1) is 6.92 Å². The lowest BCUT2D eigenvalue weighted by Crippen LogP contribution is -2.12. The molecule has 2 aromatic heterocycles. The highest BCUT2D eigenvalue weighted by molar-refractivity contribution is 7.90. The van der Waals surface area contributed by atoms with E-state index in [1.54, 1.807) is 12.4 Å². The summed E-state index contributed by atoms with van der Waals surface area (Å²) >= 11 is -1.39. The molecule has 3 aromatic carbocycles. The van der Waals surface area contributed by atoms with Crippen molar-refractivity contribution in [3.63, 3.8) is 0 Å². The summed E-state index contributed by atoms with van der Waals surface area (Å²) < 4.78 is 15.2. The van der Waals surface area contributed by atoms with E-state index in [9.17, 15) is 4.55 Å². The molecule has 5 rings (SSSR count). The molecule has 0 spiro atoms. The maximum Gasteiger partial charge on any atom is 0.198 e. The van der Waals surface area contributed by atoms with Gasteiger partial charge in [0.1, 0.15) is 16.9 Å². The number of aromatic nitrogens is 2. The van der Waals surface area contributed by atoms with E-state index < -0.39 is 11.4 Å². The fourth-order valence-electron chi connectivity index (χ4n) is 4.10. The normalized spacial score (nSPS) is 12.1. The number of hydrogen-bond donors (Lipinski definition) is 2. The van der Waals surface area contributed by atoms with Gasteiger partial charge in [0.05, 0.1) is 12.4 Å². The Balaban J connectivity index is 1.54. The van der Waals surface area contributed by atoms with Gasteiger partial charge in [0.25, 0.3) is 0 Å². The highest BCUT2D eigenvalue weighted by atomic mass is 32.2. The summed E-state index contributed by atoms with van der Waals surface area (Å²) in [6.45, 7) is 2.79. The Morgan fingerprint density at radius 1 is 0.941 bits per heavy atom. The lowest BCUT2D eigenvalue weighted by atomic mass is 10.0. The number of benzene rings is 3. The molecule has 34 heavy (non-hydrogen) atoms. The second kappa shape index (κ2) is 9.73. The van der Waals surface area contributed by atoms with Crippen molar-refractivity contribution in [1.82, 2.24) is 14.3 Å². The molecule has 6 heteroatoms. The number of fused-ring (bicyclic) bond motifs is 1. The Hall–Kier alpha value is -3.58. The van der Waals surface area contributed by atoms with Crippen LogP contribution in [0.3, 0.4) is 0 Å². The first kappa shape index (κ1) is 22.2.